The highest BCUT2D eigenvalue weighted by Gasteiger charge is 2.22. The van der Waals surface area contributed by atoms with E-state index in [2.05, 4.69) is 71.7 Å². The predicted molar refractivity (Wildman–Crippen MR) is 135 cm³/mol. The Bertz CT molecular complexity index is 1080. The number of piperidine rings is 1. The molecule has 1 N–H and O–H groups in total. The Labute approximate surface area is 197 Å². The van der Waals surface area contributed by atoms with E-state index in [1.807, 2.05) is 6.07 Å². The number of nitrogens with one attached hydrogen (secondary N) is 1. The quantitative estimate of drug-likeness (QED) is 0.499. The maximum absolute atomic E-state index is 5.58. The van der Waals surface area contributed by atoms with Crippen LogP contribution in [0, 0.1) is 6.92 Å². The summed E-state index contributed by atoms with van der Waals surface area (Å²) >= 11 is 0. The Kier molecular flexibility index (Phi) is 7.40. The summed E-state index contributed by atoms with van der Waals surface area (Å²) in [6.45, 7) is 5.00. The van der Waals surface area contributed by atoms with Gasteiger partial charge in [0.1, 0.15) is 5.75 Å². The maximum atomic E-state index is 5.58. The first-order chi connectivity index (χ1) is 16.1. The van der Waals surface area contributed by atoms with Gasteiger partial charge in [-0.05, 0) is 85.4 Å². The van der Waals surface area contributed by atoms with Crippen LogP contribution in [0.2, 0.25) is 0 Å². The van der Waals surface area contributed by atoms with Crippen molar-refractivity contribution in [3.8, 4) is 28.4 Å². The average molecular weight is 447 g/mol. The molecule has 3 aromatic carbocycles. The molecule has 0 saturated carbocycles. The van der Waals surface area contributed by atoms with Crippen LogP contribution in [0.1, 0.15) is 24.0 Å². The van der Waals surface area contributed by atoms with Crippen LogP contribution in [0.4, 0.5) is 5.69 Å². The second-order valence-corrected chi connectivity index (χ2v) is 8.54. The fourth-order valence-corrected chi connectivity index (χ4v) is 4.71. The van der Waals surface area contributed by atoms with Crippen molar-refractivity contribution in [1.82, 2.24) is 5.32 Å². The smallest absolute Gasteiger partial charge is 0.163 e. The number of hydrogen-bond donors (Lipinski definition) is 1. The largest absolute Gasteiger partial charge is 0.497 e. The van der Waals surface area contributed by atoms with Crippen LogP contribution in [0.15, 0.2) is 60.7 Å². The van der Waals surface area contributed by atoms with E-state index in [9.17, 15) is 0 Å². The highest BCUT2D eigenvalue weighted by molar-refractivity contribution is 5.70. The summed E-state index contributed by atoms with van der Waals surface area (Å²) in [5, 5.41) is 3.49. The molecule has 1 heterocycles. The first-order valence-electron chi connectivity index (χ1n) is 11.6. The van der Waals surface area contributed by atoms with E-state index in [0.29, 0.717) is 6.04 Å². The third kappa shape index (κ3) is 5.25. The highest BCUT2D eigenvalue weighted by Crippen LogP contribution is 2.36. The predicted octanol–water partition coefficient (Wildman–Crippen LogP) is 5.45. The van der Waals surface area contributed by atoms with Gasteiger partial charge in [-0.2, -0.15) is 0 Å². The van der Waals surface area contributed by atoms with Crippen LogP contribution in [0.25, 0.3) is 11.1 Å². The summed E-state index contributed by atoms with van der Waals surface area (Å²) in [6, 6.07) is 21.9. The third-order valence-corrected chi connectivity index (χ3v) is 6.41. The summed E-state index contributed by atoms with van der Waals surface area (Å²) in [7, 11) is 5.09. The molecule has 0 atom stereocenters. The minimum atomic E-state index is 0.491. The summed E-state index contributed by atoms with van der Waals surface area (Å²) in [4.78, 5) is 2.53. The van der Waals surface area contributed by atoms with Crippen LogP contribution >= 0.6 is 0 Å². The molecule has 4 rings (SSSR count). The molecule has 0 radical (unpaired) electrons. The topological polar surface area (TPSA) is 43.0 Å². The Morgan fingerprint density at radius 1 is 0.848 bits per heavy atom. The van der Waals surface area contributed by atoms with Crippen molar-refractivity contribution in [2.75, 3.05) is 39.3 Å². The Balaban J connectivity index is 1.66. The number of hydrogen-bond acceptors (Lipinski definition) is 5. The molecule has 1 fully saturated rings. The summed E-state index contributed by atoms with van der Waals surface area (Å²) in [5.74, 6) is 2.43. The van der Waals surface area contributed by atoms with E-state index < -0.39 is 0 Å². The summed E-state index contributed by atoms with van der Waals surface area (Å²) < 4.78 is 16.6. The van der Waals surface area contributed by atoms with Gasteiger partial charge in [0.2, 0.25) is 0 Å². The van der Waals surface area contributed by atoms with E-state index in [0.717, 1.165) is 60.9 Å². The lowest BCUT2D eigenvalue weighted by Crippen LogP contribution is -2.43. The molecule has 174 valence electrons. The zero-order valence-electron chi connectivity index (χ0n) is 20.1. The van der Waals surface area contributed by atoms with Crippen LogP contribution < -0.4 is 24.4 Å². The molecule has 0 amide bonds. The lowest BCUT2D eigenvalue weighted by molar-refractivity contribution is 0.353. The van der Waals surface area contributed by atoms with Crippen LogP contribution in [0.5, 0.6) is 17.2 Å². The van der Waals surface area contributed by atoms with Gasteiger partial charge in [0.05, 0.1) is 21.3 Å². The van der Waals surface area contributed by atoms with Crippen LogP contribution in [-0.4, -0.2) is 40.5 Å². The van der Waals surface area contributed by atoms with Crippen LogP contribution in [-0.2, 0) is 6.54 Å². The van der Waals surface area contributed by atoms with Gasteiger partial charge in [-0.15, -0.1) is 0 Å². The number of rotatable bonds is 8. The molecule has 5 heteroatoms. The molecule has 1 aliphatic heterocycles. The zero-order valence-corrected chi connectivity index (χ0v) is 20.1. The second kappa shape index (κ2) is 10.6. The van der Waals surface area contributed by atoms with Gasteiger partial charge in [0.15, 0.2) is 11.5 Å². The molecule has 33 heavy (non-hydrogen) atoms. The summed E-state index contributed by atoms with van der Waals surface area (Å²) in [6.07, 6.45) is 2.26. The SMILES string of the molecule is COc1cccc(N(Cc2cccc(-c3cc(C)c(OC)c(OC)c3)c2)C2CCNCC2)c1. The normalized spacial score (nSPS) is 14.1. The van der Waals surface area contributed by atoms with Crippen molar-refractivity contribution >= 4 is 5.69 Å². The van der Waals surface area contributed by atoms with Gasteiger partial charge in [-0.25, -0.2) is 0 Å². The highest BCUT2D eigenvalue weighted by atomic mass is 16.5. The molecule has 3 aromatic rings. The third-order valence-electron chi connectivity index (χ3n) is 6.41. The Morgan fingerprint density at radius 3 is 2.36 bits per heavy atom. The molecule has 0 aromatic heterocycles. The molecular weight excluding hydrogens is 412 g/mol. The fraction of sp³-hybridized carbons (Fsp3) is 0.357. The lowest BCUT2D eigenvalue weighted by atomic mass is 9.98. The Hall–Kier alpha value is -3.18. The molecule has 1 saturated heterocycles. The van der Waals surface area contributed by atoms with Gasteiger partial charge in [-0.3, -0.25) is 0 Å². The fourth-order valence-electron chi connectivity index (χ4n) is 4.71. The van der Waals surface area contributed by atoms with Crippen molar-refractivity contribution in [2.45, 2.75) is 32.4 Å². The van der Waals surface area contributed by atoms with Gasteiger partial charge < -0.3 is 24.4 Å². The van der Waals surface area contributed by atoms with Crippen molar-refractivity contribution in [2.24, 2.45) is 0 Å². The number of aryl methyl sites for hydroxylation is 1. The lowest BCUT2D eigenvalue weighted by Gasteiger charge is -2.37. The van der Waals surface area contributed by atoms with Crippen molar-refractivity contribution in [3.05, 3.63) is 71.8 Å². The number of benzene rings is 3. The van der Waals surface area contributed by atoms with E-state index >= 15 is 0 Å². The molecule has 0 unspecified atom stereocenters. The van der Waals surface area contributed by atoms with E-state index in [1.54, 1.807) is 21.3 Å². The van der Waals surface area contributed by atoms with Gasteiger partial charge in [-0.1, -0.05) is 24.3 Å². The average Bonchev–Trinajstić information content (AvgIpc) is 2.87. The Morgan fingerprint density at radius 2 is 1.64 bits per heavy atom. The standard InChI is InChI=1S/C28H34N2O3/c1-20-15-23(17-27(32-3)28(20)33-4)22-8-5-7-21(16-22)19-30(24-11-13-29-14-12-24)25-9-6-10-26(18-25)31-2/h5-10,15-18,24,29H,11-14,19H2,1-4H3. The molecule has 1 aliphatic rings. The maximum Gasteiger partial charge on any atom is 0.163 e. The molecule has 5 nitrogen and oxygen atoms in total. The van der Waals surface area contributed by atoms with E-state index in [-0.39, 0.29) is 0 Å². The monoisotopic (exact) mass is 446 g/mol. The second-order valence-electron chi connectivity index (χ2n) is 8.54. The van der Waals surface area contributed by atoms with Gasteiger partial charge >= 0.3 is 0 Å². The number of nitrogens with zero attached hydrogens (tertiary/aromatic N) is 1. The van der Waals surface area contributed by atoms with Gasteiger partial charge in [0, 0.05) is 24.3 Å². The van der Waals surface area contributed by atoms with Crippen molar-refractivity contribution < 1.29 is 14.2 Å². The number of ether oxygens (including phenoxy) is 3. The molecule has 0 bridgehead atoms. The zero-order chi connectivity index (χ0) is 23.2. The molecule has 0 spiro atoms. The first-order valence-corrected chi connectivity index (χ1v) is 11.6. The minimum Gasteiger partial charge on any atom is -0.497 e. The van der Waals surface area contributed by atoms with Crippen molar-refractivity contribution in [3.63, 3.8) is 0 Å². The molecule has 0 aliphatic carbocycles. The van der Waals surface area contributed by atoms with Crippen molar-refractivity contribution in [1.29, 1.82) is 0 Å². The van der Waals surface area contributed by atoms with Gasteiger partial charge in [0.25, 0.3) is 0 Å². The molecular formula is C28H34N2O3. The number of anilines is 1. The number of methoxy groups -OCH3 is 3. The van der Waals surface area contributed by atoms with E-state index in [4.69, 9.17) is 14.2 Å². The minimum absolute atomic E-state index is 0.491. The summed E-state index contributed by atoms with van der Waals surface area (Å²) in [5.41, 5.74) is 5.84. The van der Waals surface area contributed by atoms with Crippen LogP contribution in [0.3, 0.4) is 0 Å². The van der Waals surface area contributed by atoms with E-state index in [1.165, 1.54) is 16.8 Å². The first kappa shape index (κ1) is 23.0.